The second kappa shape index (κ2) is 3.83. The number of aromatic hydroxyl groups is 1. The van der Waals surface area contributed by atoms with Gasteiger partial charge in [0.15, 0.2) is 0 Å². The van der Waals surface area contributed by atoms with Crippen molar-refractivity contribution in [3.05, 3.63) is 27.5 Å². The Hall–Kier alpha value is -1.07. The molecule has 0 bridgehead atoms. The third kappa shape index (κ3) is 1.72. The number of phenols is 1. The Morgan fingerprint density at radius 3 is 2.93 bits per heavy atom. The van der Waals surface area contributed by atoms with Crippen LogP contribution in [-0.4, -0.2) is 18.2 Å². The number of benzene rings is 1. The van der Waals surface area contributed by atoms with E-state index in [0.717, 1.165) is 9.17 Å². The maximum atomic E-state index is 11.3. The predicted octanol–water partition coefficient (Wildman–Crippen LogP) is 3.16. The monoisotopic (exact) mass is 286 g/mol. The fraction of sp³-hybridized carbons (Fsp3) is 0.100. The summed E-state index contributed by atoms with van der Waals surface area (Å²) in [7, 11) is 1.29. The van der Waals surface area contributed by atoms with Gasteiger partial charge in [0.25, 0.3) is 0 Å². The summed E-state index contributed by atoms with van der Waals surface area (Å²) in [5.74, 6) is -0.547. The number of carbonyl (C=O) groups is 1. The largest absolute Gasteiger partial charge is 0.506 e. The van der Waals surface area contributed by atoms with E-state index >= 15 is 0 Å². The summed E-state index contributed by atoms with van der Waals surface area (Å²) in [4.78, 5) is 11.3. The van der Waals surface area contributed by atoms with Crippen molar-refractivity contribution in [3.63, 3.8) is 0 Å². The van der Waals surface area contributed by atoms with Crippen LogP contribution in [0.1, 0.15) is 10.4 Å². The minimum atomic E-state index is -0.529. The molecular weight excluding hydrogens is 280 g/mol. The van der Waals surface area contributed by atoms with E-state index in [9.17, 15) is 9.90 Å². The average molecular weight is 287 g/mol. The summed E-state index contributed by atoms with van der Waals surface area (Å²) >= 11 is 4.71. The van der Waals surface area contributed by atoms with Gasteiger partial charge in [-0.15, -0.1) is 11.3 Å². The molecule has 2 aromatic rings. The fourth-order valence-corrected chi connectivity index (χ4v) is 2.90. The van der Waals surface area contributed by atoms with E-state index in [1.54, 1.807) is 12.1 Å². The van der Waals surface area contributed by atoms with Gasteiger partial charge in [-0.25, -0.2) is 4.79 Å². The zero-order valence-electron chi connectivity index (χ0n) is 7.78. The lowest BCUT2D eigenvalue weighted by atomic mass is 10.1. The van der Waals surface area contributed by atoms with Crippen molar-refractivity contribution < 1.29 is 14.6 Å². The summed E-state index contributed by atoms with van der Waals surface area (Å²) in [5, 5.41) is 10.8. The smallest absolute Gasteiger partial charge is 0.341 e. The highest BCUT2D eigenvalue weighted by Gasteiger charge is 2.15. The van der Waals surface area contributed by atoms with Gasteiger partial charge in [-0.2, -0.15) is 0 Å². The Kier molecular flexibility index (Phi) is 2.67. The topological polar surface area (TPSA) is 46.5 Å². The molecule has 0 saturated heterocycles. The number of fused-ring (bicyclic) bond motifs is 1. The molecule has 5 heteroatoms. The van der Waals surface area contributed by atoms with E-state index < -0.39 is 5.97 Å². The Bertz CT molecular complexity index is 533. The van der Waals surface area contributed by atoms with Gasteiger partial charge >= 0.3 is 5.97 Å². The molecule has 0 aliphatic rings. The number of hydrogen-bond donors (Lipinski definition) is 1. The molecule has 1 aromatic carbocycles. The standard InChI is InChI=1S/C10H7BrO3S/c1-14-10(13)6-3-2-5-4-7(11)15-9(5)8(6)12/h2-4,12H,1H3. The molecule has 0 spiro atoms. The second-order valence-corrected chi connectivity index (χ2v) is 5.35. The Morgan fingerprint density at radius 1 is 1.53 bits per heavy atom. The summed E-state index contributed by atoms with van der Waals surface area (Å²) in [5.41, 5.74) is 0.194. The van der Waals surface area contributed by atoms with Crippen LogP contribution in [-0.2, 0) is 4.74 Å². The van der Waals surface area contributed by atoms with Crippen LogP contribution in [0.5, 0.6) is 5.75 Å². The molecular formula is C10H7BrO3S. The Labute approximate surface area is 98.4 Å². The number of esters is 1. The highest BCUT2D eigenvalue weighted by molar-refractivity contribution is 9.11. The second-order valence-electron chi connectivity index (χ2n) is 2.92. The number of carbonyl (C=O) groups excluding carboxylic acids is 1. The van der Waals surface area contributed by atoms with Crippen LogP contribution >= 0.6 is 27.3 Å². The van der Waals surface area contributed by atoms with Crippen molar-refractivity contribution in [1.82, 2.24) is 0 Å². The quantitative estimate of drug-likeness (QED) is 0.819. The fourth-order valence-electron chi connectivity index (χ4n) is 1.33. The first-order valence-electron chi connectivity index (χ1n) is 4.13. The van der Waals surface area contributed by atoms with Gasteiger partial charge < -0.3 is 9.84 Å². The first-order chi connectivity index (χ1) is 7.13. The predicted molar refractivity (Wildman–Crippen MR) is 62.5 cm³/mol. The number of rotatable bonds is 1. The number of methoxy groups -OCH3 is 1. The number of halogens is 1. The van der Waals surface area contributed by atoms with Crippen molar-refractivity contribution in [2.24, 2.45) is 0 Å². The van der Waals surface area contributed by atoms with Gasteiger partial charge in [0.05, 0.1) is 15.6 Å². The zero-order chi connectivity index (χ0) is 11.0. The van der Waals surface area contributed by atoms with Crippen LogP contribution in [0.4, 0.5) is 0 Å². The van der Waals surface area contributed by atoms with Gasteiger partial charge in [-0.05, 0) is 33.4 Å². The molecule has 0 saturated carbocycles. The lowest BCUT2D eigenvalue weighted by molar-refractivity contribution is 0.0598. The Morgan fingerprint density at radius 2 is 2.27 bits per heavy atom. The molecule has 1 aromatic heterocycles. The minimum absolute atomic E-state index is 0.0185. The molecule has 3 nitrogen and oxygen atoms in total. The summed E-state index contributed by atoms with van der Waals surface area (Å²) in [6.07, 6.45) is 0. The van der Waals surface area contributed by atoms with E-state index in [4.69, 9.17) is 0 Å². The first kappa shape index (κ1) is 10.4. The van der Waals surface area contributed by atoms with Crippen LogP contribution in [0.2, 0.25) is 0 Å². The van der Waals surface area contributed by atoms with Crippen LogP contribution in [0.15, 0.2) is 22.0 Å². The maximum absolute atomic E-state index is 11.3. The normalized spacial score (nSPS) is 10.5. The molecule has 78 valence electrons. The number of phenolic OH excluding ortho intramolecular Hbond substituents is 1. The van der Waals surface area contributed by atoms with Crippen LogP contribution < -0.4 is 0 Å². The average Bonchev–Trinajstić information content (AvgIpc) is 2.59. The minimum Gasteiger partial charge on any atom is -0.506 e. The maximum Gasteiger partial charge on any atom is 0.341 e. The van der Waals surface area contributed by atoms with Gasteiger partial charge in [-0.3, -0.25) is 0 Å². The molecule has 0 amide bonds. The van der Waals surface area contributed by atoms with Crippen LogP contribution in [0.25, 0.3) is 10.1 Å². The first-order valence-corrected chi connectivity index (χ1v) is 5.73. The molecule has 0 atom stereocenters. The molecule has 0 unspecified atom stereocenters. The van der Waals surface area contributed by atoms with Crippen LogP contribution in [0.3, 0.4) is 0 Å². The molecule has 0 aliphatic heterocycles. The van der Waals surface area contributed by atoms with Crippen molar-refractivity contribution in [2.75, 3.05) is 7.11 Å². The highest BCUT2D eigenvalue weighted by Crippen LogP contribution is 2.37. The lowest BCUT2D eigenvalue weighted by Crippen LogP contribution is -2.00. The van der Waals surface area contributed by atoms with Gasteiger partial charge in [0.1, 0.15) is 11.3 Å². The van der Waals surface area contributed by atoms with Crippen LogP contribution in [0, 0.1) is 0 Å². The third-order valence-electron chi connectivity index (χ3n) is 2.04. The van der Waals surface area contributed by atoms with Gasteiger partial charge in [-0.1, -0.05) is 6.07 Å². The lowest BCUT2D eigenvalue weighted by Gasteiger charge is -2.02. The molecule has 15 heavy (non-hydrogen) atoms. The highest BCUT2D eigenvalue weighted by atomic mass is 79.9. The van der Waals surface area contributed by atoms with Crippen molar-refractivity contribution >= 4 is 43.3 Å². The third-order valence-corrected chi connectivity index (χ3v) is 3.70. The molecule has 0 aliphatic carbocycles. The van der Waals surface area contributed by atoms with E-state index in [1.807, 2.05) is 6.07 Å². The molecule has 0 radical (unpaired) electrons. The van der Waals surface area contributed by atoms with Crippen molar-refractivity contribution in [3.8, 4) is 5.75 Å². The summed E-state index contributed by atoms with van der Waals surface area (Å²) < 4.78 is 6.16. The number of thiophene rings is 1. The van der Waals surface area contributed by atoms with Crippen molar-refractivity contribution in [2.45, 2.75) is 0 Å². The van der Waals surface area contributed by atoms with E-state index in [1.165, 1.54) is 18.4 Å². The van der Waals surface area contributed by atoms with E-state index in [-0.39, 0.29) is 11.3 Å². The molecule has 1 N–H and O–H groups in total. The zero-order valence-corrected chi connectivity index (χ0v) is 10.2. The van der Waals surface area contributed by atoms with E-state index in [2.05, 4.69) is 20.7 Å². The van der Waals surface area contributed by atoms with E-state index in [0.29, 0.717) is 4.70 Å². The van der Waals surface area contributed by atoms with Gasteiger partial charge in [0, 0.05) is 0 Å². The molecule has 1 heterocycles. The summed E-state index contributed by atoms with van der Waals surface area (Å²) in [6, 6.07) is 5.23. The SMILES string of the molecule is COC(=O)c1ccc2cc(Br)sc2c1O. The van der Waals surface area contributed by atoms with Gasteiger partial charge in [0.2, 0.25) is 0 Å². The van der Waals surface area contributed by atoms with Crippen molar-refractivity contribution in [1.29, 1.82) is 0 Å². The number of hydrogen-bond acceptors (Lipinski definition) is 4. The molecule has 0 fully saturated rings. The molecule has 2 rings (SSSR count). The number of ether oxygens (including phenoxy) is 1. The Balaban J connectivity index is 2.69. The summed E-state index contributed by atoms with van der Waals surface area (Å²) in [6.45, 7) is 0.